The van der Waals surface area contributed by atoms with E-state index in [0.29, 0.717) is 22.9 Å². The van der Waals surface area contributed by atoms with Gasteiger partial charge in [0.15, 0.2) is 0 Å². The van der Waals surface area contributed by atoms with Crippen LogP contribution in [0.5, 0.6) is 0 Å². The van der Waals surface area contributed by atoms with E-state index in [9.17, 15) is 4.79 Å². The van der Waals surface area contributed by atoms with Crippen molar-refractivity contribution in [3.63, 3.8) is 0 Å². The summed E-state index contributed by atoms with van der Waals surface area (Å²) in [5.41, 5.74) is 7.16. The van der Waals surface area contributed by atoms with Crippen LogP contribution in [0, 0.1) is 0 Å². The minimum atomic E-state index is -0.0713. The lowest BCUT2D eigenvalue weighted by atomic mass is 10.2. The third-order valence-electron chi connectivity index (χ3n) is 2.62. The maximum atomic E-state index is 11.7. The van der Waals surface area contributed by atoms with E-state index < -0.39 is 0 Å². The van der Waals surface area contributed by atoms with Crippen LogP contribution in [-0.4, -0.2) is 14.6 Å². The number of hydrogen-bond donors (Lipinski definition) is 2. The Morgan fingerprint density at radius 1 is 1.57 bits per heavy atom. The highest BCUT2D eigenvalue weighted by Gasteiger charge is 2.29. The van der Waals surface area contributed by atoms with Gasteiger partial charge in [-0.1, -0.05) is 0 Å². The summed E-state index contributed by atoms with van der Waals surface area (Å²) in [6.45, 7) is 0. The highest BCUT2D eigenvalue weighted by Crippen LogP contribution is 2.40. The molecule has 2 aromatic rings. The van der Waals surface area contributed by atoms with Gasteiger partial charge in [-0.3, -0.25) is 4.79 Å². The molecule has 0 saturated heterocycles. The molecule has 1 fully saturated rings. The molecule has 1 aliphatic rings. The molecule has 3 rings (SSSR count). The van der Waals surface area contributed by atoms with Crippen molar-refractivity contribution < 1.29 is 0 Å². The highest BCUT2D eigenvalue weighted by atomic mass is 16.1. The second-order valence-electron chi connectivity index (χ2n) is 3.66. The number of nitrogens with one attached hydrogen (secondary N) is 1. The minimum absolute atomic E-state index is 0.0713. The molecule has 5 nitrogen and oxygen atoms in total. The standard InChI is InChI=1S/C9H10N4O/c10-8-7(5-1-2-5)9(14)12-6-3-4-11-13(6)8/h3-5H,1-2,10H2,(H,12,14). The third kappa shape index (κ3) is 0.891. The molecular formula is C9H10N4O. The average Bonchev–Trinajstić information content (AvgIpc) is 2.84. The first-order chi connectivity index (χ1) is 6.77. The van der Waals surface area contributed by atoms with E-state index in [1.807, 2.05) is 0 Å². The van der Waals surface area contributed by atoms with Crippen LogP contribution in [0.25, 0.3) is 5.65 Å². The Hall–Kier alpha value is -1.78. The highest BCUT2D eigenvalue weighted by molar-refractivity contribution is 5.51. The summed E-state index contributed by atoms with van der Waals surface area (Å²) in [4.78, 5) is 14.4. The van der Waals surface area contributed by atoms with E-state index in [1.54, 1.807) is 16.8 Å². The number of fused-ring (bicyclic) bond motifs is 1. The molecule has 0 radical (unpaired) electrons. The summed E-state index contributed by atoms with van der Waals surface area (Å²) in [5.74, 6) is 0.823. The lowest BCUT2D eigenvalue weighted by Crippen LogP contribution is -2.18. The van der Waals surface area contributed by atoms with E-state index in [0.717, 1.165) is 12.8 Å². The van der Waals surface area contributed by atoms with Crippen molar-refractivity contribution in [1.29, 1.82) is 0 Å². The summed E-state index contributed by atoms with van der Waals surface area (Å²) < 4.78 is 1.58. The molecule has 1 saturated carbocycles. The van der Waals surface area contributed by atoms with Crippen LogP contribution >= 0.6 is 0 Å². The molecule has 5 heteroatoms. The Morgan fingerprint density at radius 2 is 2.36 bits per heavy atom. The third-order valence-corrected chi connectivity index (χ3v) is 2.62. The maximum Gasteiger partial charge on any atom is 0.256 e. The Bertz CT molecular complexity index is 549. The summed E-state index contributed by atoms with van der Waals surface area (Å²) in [5, 5.41) is 4.05. The molecule has 0 aromatic carbocycles. The van der Waals surface area contributed by atoms with E-state index in [4.69, 9.17) is 5.73 Å². The van der Waals surface area contributed by atoms with E-state index >= 15 is 0 Å². The van der Waals surface area contributed by atoms with Gasteiger partial charge in [-0.15, -0.1) is 0 Å². The molecule has 0 unspecified atom stereocenters. The number of nitrogen functional groups attached to an aromatic ring is 1. The molecule has 2 aromatic heterocycles. The summed E-state index contributed by atoms with van der Waals surface area (Å²) in [6.07, 6.45) is 3.73. The Kier molecular flexibility index (Phi) is 1.29. The van der Waals surface area contributed by atoms with Gasteiger partial charge in [0.25, 0.3) is 5.56 Å². The fourth-order valence-electron chi connectivity index (χ4n) is 1.77. The number of H-pyrrole nitrogens is 1. The smallest absolute Gasteiger partial charge is 0.256 e. The summed E-state index contributed by atoms with van der Waals surface area (Å²) in [7, 11) is 0. The number of anilines is 1. The molecule has 0 amide bonds. The number of nitrogens with two attached hydrogens (primary N) is 1. The molecule has 2 heterocycles. The van der Waals surface area contributed by atoms with Crippen LogP contribution in [-0.2, 0) is 0 Å². The van der Waals surface area contributed by atoms with Crippen molar-refractivity contribution >= 4 is 11.5 Å². The number of aromatic nitrogens is 3. The average molecular weight is 190 g/mol. The van der Waals surface area contributed by atoms with Crippen molar-refractivity contribution in [3.05, 3.63) is 28.2 Å². The van der Waals surface area contributed by atoms with Gasteiger partial charge in [0.05, 0.1) is 11.8 Å². The predicted octanol–water partition coefficient (Wildman–Crippen LogP) is 0.482. The van der Waals surface area contributed by atoms with E-state index in [2.05, 4.69) is 10.1 Å². The lowest BCUT2D eigenvalue weighted by Gasteiger charge is -2.04. The molecule has 0 spiro atoms. The predicted molar refractivity (Wildman–Crippen MR) is 52.2 cm³/mol. The van der Waals surface area contributed by atoms with Crippen molar-refractivity contribution in [2.24, 2.45) is 0 Å². The van der Waals surface area contributed by atoms with Crippen LogP contribution in [0.15, 0.2) is 17.1 Å². The van der Waals surface area contributed by atoms with Crippen molar-refractivity contribution in [1.82, 2.24) is 14.6 Å². The number of nitrogens with zero attached hydrogens (tertiary/aromatic N) is 2. The van der Waals surface area contributed by atoms with Gasteiger partial charge < -0.3 is 10.7 Å². The quantitative estimate of drug-likeness (QED) is 0.686. The zero-order chi connectivity index (χ0) is 9.71. The van der Waals surface area contributed by atoms with Crippen LogP contribution in [0.2, 0.25) is 0 Å². The Balaban J connectivity index is 2.42. The lowest BCUT2D eigenvalue weighted by molar-refractivity contribution is 0.907. The molecule has 0 bridgehead atoms. The van der Waals surface area contributed by atoms with Crippen LogP contribution in [0.1, 0.15) is 24.3 Å². The Labute approximate surface area is 79.5 Å². The number of hydrogen-bond acceptors (Lipinski definition) is 3. The van der Waals surface area contributed by atoms with Gasteiger partial charge in [0.2, 0.25) is 0 Å². The first kappa shape index (κ1) is 7.61. The van der Waals surface area contributed by atoms with Crippen molar-refractivity contribution in [2.75, 3.05) is 5.73 Å². The monoisotopic (exact) mass is 190 g/mol. The van der Waals surface area contributed by atoms with Gasteiger partial charge >= 0.3 is 0 Å². The fraction of sp³-hybridized carbons (Fsp3) is 0.333. The van der Waals surface area contributed by atoms with Crippen LogP contribution in [0.3, 0.4) is 0 Å². The topological polar surface area (TPSA) is 76.2 Å². The second-order valence-corrected chi connectivity index (χ2v) is 3.66. The zero-order valence-electron chi connectivity index (χ0n) is 7.53. The molecule has 3 N–H and O–H groups in total. The van der Waals surface area contributed by atoms with Gasteiger partial charge in [0, 0.05) is 6.07 Å². The number of aromatic amines is 1. The molecular weight excluding hydrogens is 180 g/mol. The number of rotatable bonds is 1. The molecule has 0 aliphatic heterocycles. The van der Waals surface area contributed by atoms with Gasteiger partial charge in [-0.25, -0.2) is 4.52 Å². The van der Waals surface area contributed by atoms with Crippen molar-refractivity contribution in [3.8, 4) is 0 Å². The van der Waals surface area contributed by atoms with E-state index in [1.165, 1.54) is 0 Å². The largest absolute Gasteiger partial charge is 0.383 e. The molecule has 1 aliphatic carbocycles. The zero-order valence-corrected chi connectivity index (χ0v) is 7.53. The maximum absolute atomic E-state index is 11.7. The molecule has 72 valence electrons. The summed E-state index contributed by atoms with van der Waals surface area (Å²) >= 11 is 0. The van der Waals surface area contributed by atoms with Gasteiger partial charge in [0.1, 0.15) is 11.5 Å². The fourth-order valence-corrected chi connectivity index (χ4v) is 1.77. The minimum Gasteiger partial charge on any atom is -0.383 e. The second kappa shape index (κ2) is 2.37. The molecule has 0 atom stereocenters. The first-order valence-corrected chi connectivity index (χ1v) is 4.63. The first-order valence-electron chi connectivity index (χ1n) is 4.63. The van der Waals surface area contributed by atoms with Gasteiger partial charge in [-0.05, 0) is 18.8 Å². The SMILES string of the molecule is Nc1c(C2CC2)c(=O)[nH]c2ccnn12. The van der Waals surface area contributed by atoms with Crippen LogP contribution < -0.4 is 11.3 Å². The summed E-state index contributed by atoms with van der Waals surface area (Å²) in [6, 6.07) is 1.73. The van der Waals surface area contributed by atoms with Crippen LogP contribution in [0.4, 0.5) is 5.82 Å². The molecule has 14 heavy (non-hydrogen) atoms. The Morgan fingerprint density at radius 3 is 3.07 bits per heavy atom. The van der Waals surface area contributed by atoms with E-state index in [-0.39, 0.29) is 5.56 Å². The van der Waals surface area contributed by atoms with Gasteiger partial charge in [-0.2, -0.15) is 5.10 Å². The normalized spacial score (nSPS) is 16.3. The van der Waals surface area contributed by atoms with Crippen molar-refractivity contribution in [2.45, 2.75) is 18.8 Å².